The van der Waals surface area contributed by atoms with Crippen LogP contribution >= 0.6 is 0 Å². The molecule has 16 heavy (non-hydrogen) atoms. The number of morpholine rings is 1. The van der Waals surface area contributed by atoms with Gasteiger partial charge in [-0.2, -0.15) is 0 Å². The Morgan fingerprint density at radius 1 is 1.38 bits per heavy atom. The topological polar surface area (TPSA) is 24.5 Å². The molecule has 1 heterocycles. The van der Waals surface area contributed by atoms with E-state index in [0.29, 0.717) is 6.10 Å². The van der Waals surface area contributed by atoms with Crippen molar-refractivity contribution in [2.75, 3.05) is 32.8 Å². The first-order valence-electron chi connectivity index (χ1n) is 6.87. The molecule has 0 aromatic carbocycles. The molecular weight excluding hydrogens is 200 g/mol. The van der Waals surface area contributed by atoms with Gasteiger partial charge >= 0.3 is 0 Å². The molecule has 2 fully saturated rings. The van der Waals surface area contributed by atoms with E-state index in [4.69, 9.17) is 4.74 Å². The van der Waals surface area contributed by atoms with E-state index >= 15 is 0 Å². The van der Waals surface area contributed by atoms with Crippen LogP contribution in [0.4, 0.5) is 0 Å². The highest BCUT2D eigenvalue weighted by Gasteiger charge is 2.36. The third-order valence-electron chi connectivity index (χ3n) is 3.95. The van der Waals surface area contributed by atoms with Crippen LogP contribution in [0.25, 0.3) is 0 Å². The van der Waals surface area contributed by atoms with Crippen LogP contribution in [0, 0.1) is 5.92 Å². The number of nitrogens with one attached hydrogen (secondary N) is 1. The average molecular weight is 226 g/mol. The highest BCUT2D eigenvalue weighted by molar-refractivity contribution is 4.91. The third-order valence-corrected chi connectivity index (χ3v) is 3.95. The largest absolute Gasteiger partial charge is 0.376 e. The maximum Gasteiger partial charge on any atom is 0.0674 e. The smallest absolute Gasteiger partial charge is 0.0674 e. The minimum Gasteiger partial charge on any atom is -0.376 e. The van der Waals surface area contributed by atoms with Gasteiger partial charge in [0.2, 0.25) is 0 Å². The predicted octanol–water partition coefficient (Wildman–Crippen LogP) is 1.49. The summed E-state index contributed by atoms with van der Waals surface area (Å²) in [6.45, 7) is 10.00. The lowest BCUT2D eigenvalue weighted by Crippen LogP contribution is -2.55. The van der Waals surface area contributed by atoms with Gasteiger partial charge in [0.25, 0.3) is 0 Å². The summed E-state index contributed by atoms with van der Waals surface area (Å²) in [5.74, 6) is 0.886. The monoisotopic (exact) mass is 226 g/mol. The molecule has 0 amide bonds. The SMILES string of the molecule is CCCNCC1CCC1N1CCOC(C)C1. The highest BCUT2D eigenvalue weighted by atomic mass is 16.5. The maximum atomic E-state index is 5.60. The van der Waals surface area contributed by atoms with Crippen molar-refractivity contribution in [2.24, 2.45) is 5.92 Å². The molecule has 1 N–H and O–H groups in total. The van der Waals surface area contributed by atoms with Gasteiger partial charge in [-0.1, -0.05) is 6.92 Å². The lowest BCUT2D eigenvalue weighted by atomic mass is 9.78. The molecule has 0 aromatic rings. The third kappa shape index (κ3) is 2.96. The second-order valence-corrected chi connectivity index (χ2v) is 5.29. The van der Waals surface area contributed by atoms with E-state index in [1.54, 1.807) is 0 Å². The Morgan fingerprint density at radius 2 is 2.25 bits per heavy atom. The van der Waals surface area contributed by atoms with Gasteiger partial charge in [-0.05, 0) is 45.2 Å². The van der Waals surface area contributed by atoms with E-state index in [1.165, 1.54) is 32.4 Å². The van der Waals surface area contributed by atoms with Crippen LogP contribution < -0.4 is 5.32 Å². The lowest BCUT2D eigenvalue weighted by molar-refractivity contribution is -0.0622. The first-order chi connectivity index (χ1) is 7.81. The van der Waals surface area contributed by atoms with Crippen LogP contribution in [0.2, 0.25) is 0 Å². The van der Waals surface area contributed by atoms with Crippen molar-refractivity contribution >= 4 is 0 Å². The lowest BCUT2D eigenvalue weighted by Gasteiger charge is -2.47. The van der Waals surface area contributed by atoms with Gasteiger partial charge in [-0.3, -0.25) is 4.90 Å². The summed E-state index contributed by atoms with van der Waals surface area (Å²) in [4.78, 5) is 2.65. The zero-order valence-electron chi connectivity index (χ0n) is 10.7. The standard InChI is InChI=1S/C13H26N2O/c1-3-6-14-9-12-4-5-13(12)15-7-8-16-11(2)10-15/h11-14H,3-10H2,1-2H3. The van der Waals surface area contributed by atoms with Gasteiger partial charge in [0.05, 0.1) is 12.7 Å². The molecule has 3 heteroatoms. The molecule has 3 nitrogen and oxygen atoms in total. The van der Waals surface area contributed by atoms with Gasteiger partial charge in [0.1, 0.15) is 0 Å². The van der Waals surface area contributed by atoms with Gasteiger partial charge in [-0.25, -0.2) is 0 Å². The highest BCUT2D eigenvalue weighted by Crippen LogP contribution is 2.32. The summed E-state index contributed by atoms with van der Waals surface area (Å²) in [6.07, 6.45) is 4.48. The molecule has 94 valence electrons. The molecule has 0 radical (unpaired) electrons. The van der Waals surface area contributed by atoms with E-state index in [9.17, 15) is 0 Å². The fourth-order valence-electron chi connectivity index (χ4n) is 2.88. The fourth-order valence-corrected chi connectivity index (χ4v) is 2.88. The van der Waals surface area contributed by atoms with E-state index in [0.717, 1.165) is 31.7 Å². The molecule has 2 rings (SSSR count). The molecule has 0 spiro atoms. The number of nitrogens with zero attached hydrogens (tertiary/aromatic N) is 1. The first-order valence-corrected chi connectivity index (χ1v) is 6.87. The summed E-state index contributed by atoms with van der Waals surface area (Å²) in [6, 6.07) is 0.829. The summed E-state index contributed by atoms with van der Waals surface area (Å²) >= 11 is 0. The molecular formula is C13H26N2O. The Balaban J connectivity index is 1.72. The molecule has 1 saturated heterocycles. The van der Waals surface area contributed by atoms with E-state index in [2.05, 4.69) is 24.1 Å². The van der Waals surface area contributed by atoms with Crippen molar-refractivity contribution in [1.82, 2.24) is 10.2 Å². The fraction of sp³-hybridized carbons (Fsp3) is 1.00. The first kappa shape index (κ1) is 12.3. The molecule has 3 atom stereocenters. The number of ether oxygens (including phenoxy) is 1. The minimum absolute atomic E-state index is 0.429. The molecule has 2 aliphatic rings. The van der Waals surface area contributed by atoms with Crippen LogP contribution in [-0.4, -0.2) is 49.8 Å². The normalized spacial score (nSPS) is 36.0. The molecule has 1 aliphatic heterocycles. The van der Waals surface area contributed by atoms with Gasteiger partial charge in [0, 0.05) is 19.1 Å². The van der Waals surface area contributed by atoms with Crippen molar-refractivity contribution < 1.29 is 4.74 Å². The Morgan fingerprint density at radius 3 is 2.88 bits per heavy atom. The van der Waals surface area contributed by atoms with Crippen LogP contribution in [0.5, 0.6) is 0 Å². The second kappa shape index (κ2) is 5.99. The Hall–Kier alpha value is -0.120. The molecule has 1 saturated carbocycles. The maximum absolute atomic E-state index is 5.60. The predicted molar refractivity (Wildman–Crippen MR) is 66.7 cm³/mol. The van der Waals surface area contributed by atoms with Crippen LogP contribution in [0.1, 0.15) is 33.1 Å². The summed E-state index contributed by atoms with van der Waals surface area (Å²) in [5.41, 5.74) is 0. The summed E-state index contributed by atoms with van der Waals surface area (Å²) in [5, 5.41) is 3.56. The van der Waals surface area contributed by atoms with Gasteiger partial charge in [0.15, 0.2) is 0 Å². The zero-order chi connectivity index (χ0) is 11.4. The van der Waals surface area contributed by atoms with E-state index in [1.807, 2.05) is 0 Å². The molecule has 0 bridgehead atoms. The van der Waals surface area contributed by atoms with Gasteiger partial charge < -0.3 is 10.1 Å². The summed E-state index contributed by atoms with van der Waals surface area (Å²) < 4.78 is 5.60. The van der Waals surface area contributed by atoms with Crippen LogP contribution in [-0.2, 0) is 4.74 Å². The number of hydrogen-bond acceptors (Lipinski definition) is 3. The van der Waals surface area contributed by atoms with Crippen molar-refractivity contribution in [3.05, 3.63) is 0 Å². The molecule has 3 unspecified atom stereocenters. The van der Waals surface area contributed by atoms with Crippen molar-refractivity contribution in [3.63, 3.8) is 0 Å². The Kier molecular flexibility index (Phi) is 4.62. The minimum atomic E-state index is 0.429. The van der Waals surface area contributed by atoms with Crippen LogP contribution in [0.15, 0.2) is 0 Å². The van der Waals surface area contributed by atoms with Crippen molar-refractivity contribution in [1.29, 1.82) is 0 Å². The second-order valence-electron chi connectivity index (χ2n) is 5.29. The van der Waals surface area contributed by atoms with Crippen molar-refractivity contribution in [3.8, 4) is 0 Å². The average Bonchev–Trinajstić information content (AvgIpc) is 2.23. The van der Waals surface area contributed by atoms with Crippen molar-refractivity contribution in [2.45, 2.75) is 45.3 Å². The van der Waals surface area contributed by atoms with E-state index in [-0.39, 0.29) is 0 Å². The molecule has 0 aromatic heterocycles. The quantitative estimate of drug-likeness (QED) is 0.719. The van der Waals surface area contributed by atoms with E-state index < -0.39 is 0 Å². The van der Waals surface area contributed by atoms with Gasteiger partial charge in [-0.15, -0.1) is 0 Å². The Bertz CT molecular complexity index is 210. The summed E-state index contributed by atoms with van der Waals surface area (Å²) in [7, 11) is 0. The van der Waals surface area contributed by atoms with Crippen LogP contribution in [0.3, 0.4) is 0 Å². The number of hydrogen-bond donors (Lipinski definition) is 1. The molecule has 1 aliphatic carbocycles. The number of rotatable bonds is 5. The zero-order valence-corrected chi connectivity index (χ0v) is 10.7. The Labute approximate surface area is 99.5 Å².